The number of fused-ring (bicyclic) bond motifs is 3. The van der Waals surface area contributed by atoms with E-state index in [0.29, 0.717) is 5.92 Å². The Morgan fingerprint density at radius 3 is 2.46 bits per heavy atom. The van der Waals surface area contributed by atoms with Gasteiger partial charge in [-0.3, -0.25) is 0 Å². The van der Waals surface area contributed by atoms with E-state index in [4.69, 9.17) is 14.2 Å². The van der Waals surface area contributed by atoms with Crippen LogP contribution in [0.3, 0.4) is 0 Å². The van der Waals surface area contributed by atoms with Gasteiger partial charge in [-0.05, 0) is 59.2 Å². The lowest BCUT2D eigenvalue weighted by Gasteiger charge is -2.20. The lowest BCUT2D eigenvalue weighted by atomic mass is 10.0. The Morgan fingerprint density at radius 2 is 1.75 bits per heavy atom. The molecule has 1 heterocycles. The van der Waals surface area contributed by atoms with Gasteiger partial charge >= 0.3 is 0 Å². The van der Waals surface area contributed by atoms with Crippen molar-refractivity contribution in [2.45, 2.75) is 46.2 Å². The molecule has 1 aromatic rings. The lowest BCUT2D eigenvalue weighted by molar-refractivity contribution is -0.192. The predicted molar refractivity (Wildman–Crippen MR) is 100 cm³/mol. The summed E-state index contributed by atoms with van der Waals surface area (Å²) in [7, 11) is 1.62. The number of hydrogen-bond acceptors (Lipinski definition) is 4. The van der Waals surface area contributed by atoms with Gasteiger partial charge in [-0.1, -0.05) is 26.0 Å². The van der Waals surface area contributed by atoms with Crippen LogP contribution in [0, 0.1) is 0 Å². The highest BCUT2D eigenvalue weighted by atomic mass is 32.1. The van der Waals surface area contributed by atoms with Crippen molar-refractivity contribution in [2.75, 3.05) is 7.11 Å². The molecule has 0 radical (unpaired) electrons. The molecule has 2 aliphatic rings. The average molecular weight is 344 g/mol. The van der Waals surface area contributed by atoms with Crippen molar-refractivity contribution >= 4 is 22.1 Å². The molecule has 0 spiro atoms. The number of methoxy groups -OCH3 is 1. The highest BCUT2D eigenvalue weighted by Gasteiger charge is 2.19. The molecule has 0 bridgehead atoms. The second-order valence-electron chi connectivity index (χ2n) is 6.34. The number of thiophene rings is 1. The monoisotopic (exact) mass is 344 g/mol. The summed E-state index contributed by atoms with van der Waals surface area (Å²) in [5, 5.41) is 6.87. The Kier molecular flexibility index (Phi) is 5.09. The molecule has 24 heavy (non-hydrogen) atoms. The number of hydrogen-bond donors (Lipinski definition) is 0. The highest BCUT2D eigenvalue weighted by molar-refractivity contribution is 7.09. The van der Waals surface area contributed by atoms with Crippen LogP contribution in [-0.4, -0.2) is 19.7 Å². The highest BCUT2D eigenvalue weighted by Crippen LogP contribution is 2.43. The van der Waals surface area contributed by atoms with Gasteiger partial charge in [-0.25, -0.2) is 0 Å². The van der Waals surface area contributed by atoms with Crippen molar-refractivity contribution in [1.82, 2.24) is 0 Å². The Morgan fingerprint density at radius 1 is 0.958 bits per heavy atom. The predicted octanol–water partition coefficient (Wildman–Crippen LogP) is 5.86. The number of rotatable bonds is 6. The first-order valence-corrected chi connectivity index (χ1v) is 9.21. The van der Waals surface area contributed by atoms with Gasteiger partial charge in [0.1, 0.15) is 5.75 Å². The fourth-order valence-corrected chi connectivity index (χ4v) is 3.68. The lowest BCUT2D eigenvalue weighted by Crippen LogP contribution is -2.23. The van der Waals surface area contributed by atoms with Crippen molar-refractivity contribution < 1.29 is 14.2 Å². The van der Waals surface area contributed by atoms with Crippen LogP contribution in [0.25, 0.3) is 21.9 Å². The molecule has 0 aromatic carbocycles. The zero-order valence-corrected chi connectivity index (χ0v) is 15.6. The molecule has 0 amide bonds. The van der Waals surface area contributed by atoms with Gasteiger partial charge in [0.25, 0.3) is 0 Å². The first-order chi connectivity index (χ1) is 11.5. The van der Waals surface area contributed by atoms with E-state index in [2.05, 4.69) is 48.9 Å². The third-order valence-corrected chi connectivity index (χ3v) is 4.99. The Labute approximate surface area is 147 Å². The maximum atomic E-state index is 6.13. The SMILES string of the molecule is COC(C)OC(C)Oc1ccc(C(C)C)cc2cc3cscc3c1-2. The molecule has 128 valence electrons. The van der Waals surface area contributed by atoms with Crippen molar-refractivity contribution in [1.29, 1.82) is 0 Å². The summed E-state index contributed by atoms with van der Waals surface area (Å²) < 4.78 is 17.0. The molecule has 0 saturated carbocycles. The van der Waals surface area contributed by atoms with E-state index in [1.807, 2.05) is 13.8 Å². The zero-order valence-electron chi connectivity index (χ0n) is 14.8. The molecule has 0 fully saturated rings. The van der Waals surface area contributed by atoms with Gasteiger partial charge in [-0.15, -0.1) is 0 Å². The zero-order chi connectivity index (χ0) is 17.3. The van der Waals surface area contributed by atoms with Gasteiger partial charge in [-0.2, -0.15) is 11.3 Å². The topological polar surface area (TPSA) is 27.7 Å². The van der Waals surface area contributed by atoms with Gasteiger partial charge in [0.05, 0.1) is 0 Å². The van der Waals surface area contributed by atoms with Crippen LogP contribution in [-0.2, 0) is 9.47 Å². The molecular formula is C20H24O3S. The van der Waals surface area contributed by atoms with E-state index in [9.17, 15) is 0 Å². The van der Waals surface area contributed by atoms with Crippen LogP contribution in [0.15, 0.2) is 35.0 Å². The van der Waals surface area contributed by atoms with E-state index >= 15 is 0 Å². The molecule has 0 saturated heterocycles. The minimum atomic E-state index is -0.392. The second kappa shape index (κ2) is 7.09. The van der Waals surface area contributed by atoms with Crippen LogP contribution in [0.4, 0.5) is 0 Å². The third-order valence-electron chi connectivity index (χ3n) is 4.23. The summed E-state index contributed by atoms with van der Waals surface area (Å²) in [6, 6.07) is 8.71. The molecule has 2 atom stereocenters. The Balaban J connectivity index is 2.05. The summed E-state index contributed by atoms with van der Waals surface area (Å²) in [4.78, 5) is 0. The van der Waals surface area contributed by atoms with E-state index in [1.54, 1.807) is 18.4 Å². The summed E-state index contributed by atoms with van der Waals surface area (Å²) >= 11 is 1.72. The fourth-order valence-electron chi connectivity index (χ4n) is 2.88. The average Bonchev–Trinajstić information content (AvgIpc) is 3.05. The van der Waals surface area contributed by atoms with E-state index in [-0.39, 0.29) is 6.29 Å². The van der Waals surface area contributed by atoms with Crippen molar-refractivity contribution in [3.05, 3.63) is 40.6 Å². The van der Waals surface area contributed by atoms with E-state index in [0.717, 1.165) is 11.3 Å². The second-order valence-corrected chi connectivity index (χ2v) is 7.08. The first-order valence-electron chi connectivity index (χ1n) is 8.27. The van der Waals surface area contributed by atoms with Crippen molar-refractivity contribution in [3.63, 3.8) is 0 Å². The van der Waals surface area contributed by atoms with Crippen molar-refractivity contribution in [3.8, 4) is 16.9 Å². The molecular weight excluding hydrogens is 320 g/mol. The molecule has 2 aliphatic carbocycles. The number of ether oxygens (including phenoxy) is 3. The van der Waals surface area contributed by atoms with Crippen LogP contribution in [0.2, 0.25) is 0 Å². The van der Waals surface area contributed by atoms with Gasteiger partial charge in [0.2, 0.25) is 0 Å². The standard InChI is InChI=1S/C20H24O3S/c1-12(2)15-6-7-19(23-14(4)22-13(3)21-5)20-16(8-15)9-17-10-24-11-18(17)20/h6-14H,1-5H3. The fraction of sp³-hybridized carbons (Fsp3) is 0.400. The van der Waals surface area contributed by atoms with Crippen LogP contribution in [0.1, 0.15) is 39.2 Å². The quantitative estimate of drug-likeness (QED) is 0.524. The Hall–Kier alpha value is -1.62. The molecule has 1 aromatic heterocycles. The van der Waals surface area contributed by atoms with Crippen LogP contribution < -0.4 is 4.74 Å². The molecule has 4 heteroatoms. The molecule has 2 unspecified atom stereocenters. The van der Waals surface area contributed by atoms with Gasteiger partial charge in [0, 0.05) is 18.1 Å². The summed E-state index contributed by atoms with van der Waals surface area (Å²) in [5.74, 6) is 1.31. The summed E-state index contributed by atoms with van der Waals surface area (Å²) in [5.41, 5.74) is 3.66. The summed E-state index contributed by atoms with van der Waals surface area (Å²) in [6.07, 6.45) is -0.698. The Bertz CT molecular complexity index is 793. The maximum Gasteiger partial charge on any atom is 0.199 e. The van der Waals surface area contributed by atoms with E-state index in [1.165, 1.54) is 21.9 Å². The van der Waals surface area contributed by atoms with E-state index < -0.39 is 6.29 Å². The minimum Gasteiger partial charge on any atom is -0.464 e. The molecule has 3 nitrogen and oxygen atoms in total. The smallest absolute Gasteiger partial charge is 0.199 e. The van der Waals surface area contributed by atoms with Crippen molar-refractivity contribution in [2.24, 2.45) is 0 Å². The van der Waals surface area contributed by atoms with Gasteiger partial charge < -0.3 is 14.2 Å². The molecule has 0 N–H and O–H groups in total. The molecule has 3 rings (SSSR count). The molecule has 0 aliphatic heterocycles. The van der Waals surface area contributed by atoms with Crippen LogP contribution >= 0.6 is 11.3 Å². The first kappa shape index (κ1) is 17.2. The van der Waals surface area contributed by atoms with Gasteiger partial charge in [0.15, 0.2) is 12.6 Å². The minimum absolute atomic E-state index is 0.306. The normalized spacial score (nSPS) is 14.4. The van der Waals surface area contributed by atoms with Crippen LogP contribution in [0.5, 0.6) is 5.75 Å². The summed E-state index contributed by atoms with van der Waals surface area (Å²) in [6.45, 7) is 8.17. The largest absolute Gasteiger partial charge is 0.464 e. The third kappa shape index (κ3) is 3.41. The maximum absolute atomic E-state index is 6.13.